The van der Waals surface area contributed by atoms with Crippen LogP contribution in [0.2, 0.25) is 0 Å². The predicted octanol–water partition coefficient (Wildman–Crippen LogP) is 2.37. The monoisotopic (exact) mass is 330 g/mol. The van der Waals surface area contributed by atoms with E-state index in [9.17, 15) is 9.90 Å². The molecule has 0 saturated carbocycles. The molecule has 0 fully saturated rings. The van der Waals surface area contributed by atoms with Gasteiger partial charge in [-0.1, -0.05) is 44.2 Å². The molecule has 7 heteroatoms. The zero-order valence-corrected chi connectivity index (χ0v) is 14.0. The quantitative estimate of drug-likeness (QED) is 0.755. The number of carbonyl (C=O) groups excluding carboxylic acids is 1. The Balaban J connectivity index is 2.15. The first-order valence-electron chi connectivity index (χ1n) is 7.55. The highest BCUT2D eigenvalue weighted by Crippen LogP contribution is 2.32. The standard InChI is InChI=1S/C17H22N4O3/c1-17(2,10-22)15(12-7-5-4-6-8-12)21-16(23)20-13-9-14(24-3)19-11-18-13/h4-9,11,15,22H,10H2,1-3H3,(H2,18,19,20,21,23). The van der Waals surface area contributed by atoms with Crippen molar-refractivity contribution in [1.29, 1.82) is 0 Å². The van der Waals surface area contributed by atoms with E-state index in [0.29, 0.717) is 11.7 Å². The Kier molecular flexibility index (Phi) is 5.70. The van der Waals surface area contributed by atoms with Crippen LogP contribution in [0, 0.1) is 5.41 Å². The molecule has 0 spiro atoms. The van der Waals surface area contributed by atoms with E-state index in [0.717, 1.165) is 5.56 Å². The maximum atomic E-state index is 12.4. The molecule has 0 bridgehead atoms. The van der Waals surface area contributed by atoms with Crippen LogP contribution in [-0.2, 0) is 0 Å². The van der Waals surface area contributed by atoms with Crippen LogP contribution in [0.3, 0.4) is 0 Å². The SMILES string of the molecule is COc1cc(NC(=O)NC(c2ccccc2)C(C)(C)CO)ncn1. The van der Waals surface area contributed by atoms with E-state index in [2.05, 4.69) is 20.6 Å². The number of aromatic nitrogens is 2. The molecular weight excluding hydrogens is 308 g/mol. The van der Waals surface area contributed by atoms with Gasteiger partial charge in [0.05, 0.1) is 19.8 Å². The maximum Gasteiger partial charge on any atom is 0.320 e. The number of benzene rings is 1. The van der Waals surface area contributed by atoms with Crippen molar-refractivity contribution in [3.05, 3.63) is 48.3 Å². The Morgan fingerprint density at radius 1 is 1.29 bits per heavy atom. The minimum absolute atomic E-state index is 0.0752. The number of methoxy groups -OCH3 is 1. The lowest BCUT2D eigenvalue weighted by Crippen LogP contribution is -2.42. The number of amides is 2. The minimum Gasteiger partial charge on any atom is -0.481 e. The number of aliphatic hydroxyl groups excluding tert-OH is 1. The molecule has 1 unspecified atom stereocenters. The summed E-state index contributed by atoms with van der Waals surface area (Å²) >= 11 is 0. The van der Waals surface area contributed by atoms with Gasteiger partial charge >= 0.3 is 6.03 Å². The van der Waals surface area contributed by atoms with E-state index in [1.165, 1.54) is 19.5 Å². The predicted molar refractivity (Wildman–Crippen MR) is 90.8 cm³/mol. The summed E-state index contributed by atoms with van der Waals surface area (Å²) in [4.78, 5) is 20.2. The molecule has 0 aliphatic heterocycles. The lowest BCUT2D eigenvalue weighted by Gasteiger charge is -2.33. The summed E-state index contributed by atoms with van der Waals surface area (Å²) in [6.45, 7) is 3.70. The number of nitrogens with one attached hydrogen (secondary N) is 2. The van der Waals surface area contributed by atoms with Gasteiger partial charge in [0, 0.05) is 11.5 Å². The summed E-state index contributed by atoms with van der Waals surface area (Å²) in [5.41, 5.74) is 0.370. The van der Waals surface area contributed by atoms with Gasteiger partial charge in [-0.2, -0.15) is 0 Å². The van der Waals surface area contributed by atoms with Crippen LogP contribution in [0.1, 0.15) is 25.5 Å². The molecule has 7 nitrogen and oxygen atoms in total. The first kappa shape index (κ1) is 17.7. The summed E-state index contributed by atoms with van der Waals surface area (Å²) in [5.74, 6) is 0.684. The number of hydrogen-bond acceptors (Lipinski definition) is 5. The third-order valence-corrected chi connectivity index (χ3v) is 3.69. The summed E-state index contributed by atoms with van der Waals surface area (Å²) in [5, 5.41) is 15.2. The van der Waals surface area contributed by atoms with Crippen LogP contribution < -0.4 is 15.4 Å². The van der Waals surface area contributed by atoms with Crippen LogP contribution >= 0.6 is 0 Å². The second-order valence-electron chi connectivity index (χ2n) is 6.03. The van der Waals surface area contributed by atoms with Crippen molar-refractivity contribution in [2.45, 2.75) is 19.9 Å². The molecule has 1 heterocycles. The second-order valence-corrected chi connectivity index (χ2v) is 6.03. The Hall–Kier alpha value is -2.67. The fraction of sp³-hybridized carbons (Fsp3) is 0.353. The fourth-order valence-corrected chi connectivity index (χ4v) is 2.27. The molecule has 1 aromatic carbocycles. The number of nitrogens with zero attached hydrogens (tertiary/aromatic N) is 2. The Morgan fingerprint density at radius 3 is 2.62 bits per heavy atom. The first-order chi connectivity index (χ1) is 11.5. The summed E-state index contributed by atoms with van der Waals surface area (Å²) in [7, 11) is 1.49. The van der Waals surface area contributed by atoms with Crippen molar-refractivity contribution >= 4 is 11.8 Å². The van der Waals surface area contributed by atoms with E-state index in [-0.39, 0.29) is 12.6 Å². The third kappa shape index (κ3) is 4.42. The van der Waals surface area contributed by atoms with Gasteiger partial charge < -0.3 is 15.2 Å². The van der Waals surface area contributed by atoms with Crippen LogP contribution in [0.4, 0.5) is 10.6 Å². The van der Waals surface area contributed by atoms with E-state index < -0.39 is 11.4 Å². The first-order valence-corrected chi connectivity index (χ1v) is 7.55. The number of aliphatic hydroxyl groups is 1. The highest BCUT2D eigenvalue weighted by atomic mass is 16.5. The zero-order chi connectivity index (χ0) is 17.6. The number of carbonyl (C=O) groups is 1. The number of urea groups is 1. The summed E-state index contributed by atoms with van der Waals surface area (Å²) in [6.07, 6.45) is 1.31. The lowest BCUT2D eigenvalue weighted by atomic mass is 9.81. The van der Waals surface area contributed by atoms with E-state index in [1.54, 1.807) is 0 Å². The highest BCUT2D eigenvalue weighted by Gasteiger charge is 2.31. The fourth-order valence-electron chi connectivity index (χ4n) is 2.27. The van der Waals surface area contributed by atoms with Crippen molar-refractivity contribution in [3.63, 3.8) is 0 Å². The van der Waals surface area contributed by atoms with Gasteiger partial charge in [0.25, 0.3) is 0 Å². The molecule has 0 aliphatic carbocycles. The molecule has 0 aliphatic rings. The van der Waals surface area contributed by atoms with Crippen molar-refractivity contribution in [1.82, 2.24) is 15.3 Å². The molecule has 24 heavy (non-hydrogen) atoms. The summed E-state index contributed by atoms with van der Waals surface area (Å²) < 4.78 is 5.00. The maximum absolute atomic E-state index is 12.4. The molecule has 2 amide bonds. The molecule has 0 saturated heterocycles. The van der Waals surface area contributed by atoms with Gasteiger partial charge in [-0.3, -0.25) is 5.32 Å². The zero-order valence-electron chi connectivity index (χ0n) is 14.0. The molecule has 1 atom stereocenters. The van der Waals surface area contributed by atoms with Gasteiger partial charge in [0.1, 0.15) is 12.1 Å². The highest BCUT2D eigenvalue weighted by molar-refractivity contribution is 5.88. The number of hydrogen-bond donors (Lipinski definition) is 3. The van der Waals surface area contributed by atoms with Crippen LogP contribution in [0.15, 0.2) is 42.7 Å². The molecule has 2 aromatic rings. The lowest BCUT2D eigenvalue weighted by molar-refractivity contribution is 0.119. The number of anilines is 1. The van der Waals surface area contributed by atoms with Crippen molar-refractivity contribution in [3.8, 4) is 5.88 Å². The van der Waals surface area contributed by atoms with Crippen molar-refractivity contribution in [2.24, 2.45) is 5.41 Å². The largest absolute Gasteiger partial charge is 0.481 e. The average molecular weight is 330 g/mol. The Morgan fingerprint density at radius 2 is 2.00 bits per heavy atom. The third-order valence-electron chi connectivity index (χ3n) is 3.69. The second kappa shape index (κ2) is 7.74. The van der Waals surface area contributed by atoms with Gasteiger partial charge in [0.2, 0.25) is 5.88 Å². The molecule has 3 N–H and O–H groups in total. The normalized spacial score (nSPS) is 12.3. The van der Waals surface area contributed by atoms with E-state index in [4.69, 9.17) is 4.74 Å². The van der Waals surface area contributed by atoms with Crippen molar-refractivity contribution in [2.75, 3.05) is 19.0 Å². The van der Waals surface area contributed by atoms with Crippen LogP contribution in [-0.4, -0.2) is 34.8 Å². The van der Waals surface area contributed by atoms with Crippen LogP contribution in [0.5, 0.6) is 5.88 Å². The molecule has 128 valence electrons. The molecule has 0 radical (unpaired) electrons. The Labute approximate surface area is 141 Å². The topological polar surface area (TPSA) is 96.4 Å². The number of rotatable bonds is 6. The smallest absolute Gasteiger partial charge is 0.320 e. The van der Waals surface area contributed by atoms with E-state index in [1.807, 2.05) is 44.2 Å². The summed E-state index contributed by atoms with van der Waals surface area (Å²) in [6, 6.07) is 10.2. The van der Waals surface area contributed by atoms with Gasteiger partial charge in [-0.25, -0.2) is 14.8 Å². The van der Waals surface area contributed by atoms with E-state index >= 15 is 0 Å². The van der Waals surface area contributed by atoms with Crippen molar-refractivity contribution < 1.29 is 14.6 Å². The molecule has 2 rings (SSSR count). The number of ether oxygens (including phenoxy) is 1. The van der Waals surface area contributed by atoms with Gasteiger partial charge in [0.15, 0.2) is 0 Å². The molecular formula is C17H22N4O3. The van der Waals surface area contributed by atoms with Gasteiger partial charge in [-0.15, -0.1) is 0 Å². The minimum atomic E-state index is -0.540. The Bertz CT molecular complexity index is 677. The average Bonchev–Trinajstić information content (AvgIpc) is 2.60. The van der Waals surface area contributed by atoms with Crippen LogP contribution in [0.25, 0.3) is 0 Å². The van der Waals surface area contributed by atoms with Gasteiger partial charge in [-0.05, 0) is 5.56 Å². The molecule has 1 aromatic heterocycles.